The molecule has 3 rings (SSSR count). The summed E-state index contributed by atoms with van der Waals surface area (Å²) in [4.78, 5) is 42.7. The van der Waals surface area contributed by atoms with Gasteiger partial charge in [0.05, 0.1) is 7.11 Å². The summed E-state index contributed by atoms with van der Waals surface area (Å²) in [6.45, 7) is 6.14. The molecule has 33 heavy (non-hydrogen) atoms. The summed E-state index contributed by atoms with van der Waals surface area (Å²) in [6.07, 6.45) is 1.30. The summed E-state index contributed by atoms with van der Waals surface area (Å²) in [5.41, 5.74) is 1.14. The molecule has 3 amide bonds. The summed E-state index contributed by atoms with van der Waals surface area (Å²) >= 11 is 0. The van der Waals surface area contributed by atoms with Crippen LogP contribution in [0.2, 0.25) is 0 Å². The zero-order valence-electron chi connectivity index (χ0n) is 19.6. The van der Waals surface area contributed by atoms with E-state index in [0.29, 0.717) is 55.9 Å². The van der Waals surface area contributed by atoms with Crippen molar-refractivity contribution in [1.29, 1.82) is 0 Å². The molecule has 0 unspecified atom stereocenters. The fourth-order valence-corrected chi connectivity index (χ4v) is 4.28. The summed E-state index contributed by atoms with van der Waals surface area (Å²) in [6, 6.07) is 15.4. The maximum Gasteiger partial charge on any atom is 0.253 e. The van der Waals surface area contributed by atoms with Crippen LogP contribution in [0.25, 0.3) is 0 Å². The van der Waals surface area contributed by atoms with Gasteiger partial charge in [-0.2, -0.15) is 0 Å². The predicted octanol–water partition coefficient (Wildman–Crippen LogP) is 3.21. The second-order valence-electron chi connectivity index (χ2n) is 8.19. The number of nitrogens with one attached hydrogen (secondary N) is 1. The smallest absolute Gasteiger partial charge is 0.253 e. The molecule has 0 bridgehead atoms. The first-order valence-electron chi connectivity index (χ1n) is 11.6. The fraction of sp³-hybridized carbons (Fsp3) is 0.423. The molecule has 1 aliphatic rings. The third-order valence-corrected chi connectivity index (χ3v) is 6.30. The largest absolute Gasteiger partial charge is 0.497 e. The lowest BCUT2D eigenvalue weighted by Crippen LogP contribution is -2.54. The summed E-state index contributed by atoms with van der Waals surface area (Å²) < 4.78 is 5.16. The Kier molecular flexibility index (Phi) is 8.46. The Morgan fingerprint density at radius 2 is 1.58 bits per heavy atom. The molecule has 1 fully saturated rings. The fourth-order valence-electron chi connectivity index (χ4n) is 4.28. The van der Waals surface area contributed by atoms with E-state index in [2.05, 4.69) is 5.32 Å². The number of methoxy groups -OCH3 is 1. The second-order valence-corrected chi connectivity index (χ2v) is 8.19. The zero-order chi connectivity index (χ0) is 23.8. The Balaban J connectivity index is 1.72. The topological polar surface area (TPSA) is 79.0 Å². The van der Waals surface area contributed by atoms with Crippen LogP contribution in [0.15, 0.2) is 54.6 Å². The normalized spacial score (nSPS) is 14.9. The van der Waals surface area contributed by atoms with Crippen LogP contribution in [0.5, 0.6) is 5.75 Å². The minimum absolute atomic E-state index is 0.00272. The van der Waals surface area contributed by atoms with Crippen molar-refractivity contribution in [2.75, 3.05) is 33.3 Å². The molecule has 1 aliphatic heterocycles. The Morgan fingerprint density at radius 1 is 0.970 bits per heavy atom. The third kappa shape index (κ3) is 5.92. The van der Waals surface area contributed by atoms with Crippen molar-refractivity contribution in [3.8, 4) is 5.75 Å². The van der Waals surface area contributed by atoms with Crippen LogP contribution < -0.4 is 10.1 Å². The lowest BCUT2D eigenvalue weighted by atomic mass is 9.87. The molecular formula is C26H33N3O4. The van der Waals surface area contributed by atoms with Gasteiger partial charge in [0.15, 0.2) is 0 Å². The third-order valence-electron chi connectivity index (χ3n) is 6.30. The van der Waals surface area contributed by atoms with E-state index in [1.165, 1.54) is 0 Å². The van der Waals surface area contributed by atoms with Crippen LogP contribution in [0.3, 0.4) is 0 Å². The van der Waals surface area contributed by atoms with E-state index >= 15 is 0 Å². The Hall–Kier alpha value is -3.35. The van der Waals surface area contributed by atoms with Gasteiger partial charge in [-0.15, -0.1) is 0 Å². The number of nitrogens with zero attached hydrogens (tertiary/aromatic N) is 2. The van der Waals surface area contributed by atoms with Crippen LogP contribution in [0.4, 0.5) is 0 Å². The van der Waals surface area contributed by atoms with Gasteiger partial charge in [-0.05, 0) is 69.0 Å². The zero-order valence-corrected chi connectivity index (χ0v) is 19.6. The molecule has 7 nitrogen and oxygen atoms in total. The van der Waals surface area contributed by atoms with E-state index in [0.717, 1.165) is 0 Å². The number of amides is 3. The van der Waals surface area contributed by atoms with Gasteiger partial charge in [0.2, 0.25) is 5.91 Å². The van der Waals surface area contributed by atoms with Crippen LogP contribution in [-0.4, -0.2) is 66.9 Å². The van der Waals surface area contributed by atoms with Crippen molar-refractivity contribution in [2.45, 2.75) is 32.7 Å². The van der Waals surface area contributed by atoms with Gasteiger partial charge in [0.1, 0.15) is 11.8 Å². The highest BCUT2D eigenvalue weighted by molar-refractivity contribution is 5.98. The SMILES string of the molecule is CCN(CC)C(=O)[C@@H](NC(=O)c1ccc(OC)cc1)C1CCN(C(=O)c2ccccc2)CC1. The maximum atomic E-state index is 13.3. The molecule has 0 aromatic heterocycles. The molecule has 0 spiro atoms. The number of carbonyl (C=O) groups excluding carboxylic acids is 3. The highest BCUT2D eigenvalue weighted by atomic mass is 16.5. The molecule has 0 saturated carbocycles. The summed E-state index contributed by atoms with van der Waals surface area (Å²) in [7, 11) is 1.57. The van der Waals surface area contributed by atoms with Crippen LogP contribution in [-0.2, 0) is 4.79 Å². The number of benzene rings is 2. The van der Waals surface area contributed by atoms with Crippen molar-refractivity contribution in [3.63, 3.8) is 0 Å². The van der Waals surface area contributed by atoms with E-state index in [9.17, 15) is 14.4 Å². The van der Waals surface area contributed by atoms with Gasteiger partial charge in [-0.25, -0.2) is 0 Å². The average molecular weight is 452 g/mol. The van der Waals surface area contributed by atoms with Gasteiger partial charge in [0, 0.05) is 37.3 Å². The molecule has 0 aliphatic carbocycles. The second kappa shape index (κ2) is 11.5. The first kappa shape index (κ1) is 24.3. The van der Waals surface area contributed by atoms with Gasteiger partial charge in [-0.1, -0.05) is 18.2 Å². The number of hydrogen-bond donors (Lipinski definition) is 1. The van der Waals surface area contributed by atoms with Gasteiger partial charge in [-0.3, -0.25) is 14.4 Å². The molecule has 1 heterocycles. The van der Waals surface area contributed by atoms with E-state index in [-0.39, 0.29) is 23.6 Å². The van der Waals surface area contributed by atoms with E-state index < -0.39 is 6.04 Å². The van der Waals surface area contributed by atoms with Crippen LogP contribution in [0, 0.1) is 5.92 Å². The van der Waals surface area contributed by atoms with Crippen molar-refractivity contribution >= 4 is 17.7 Å². The number of hydrogen-bond acceptors (Lipinski definition) is 4. The number of carbonyl (C=O) groups is 3. The Labute approximate surface area is 195 Å². The van der Waals surface area contributed by atoms with Crippen molar-refractivity contribution in [1.82, 2.24) is 15.1 Å². The van der Waals surface area contributed by atoms with Crippen LogP contribution >= 0.6 is 0 Å². The first-order valence-corrected chi connectivity index (χ1v) is 11.6. The maximum absolute atomic E-state index is 13.3. The number of piperidine rings is 1. The van der Waals surface area contributed by atoms with Gasteiger partial charge >= 0.3 is 0 Å². The minimum atomic E-state index is -0.631. The molecule has 2 aromatic rings. The Morgan fingerprint density at radius 3 is 2.12 bits per heavy atom. The standard InChI is InChI=1S/C26H33N3O4/c1-4-28(5-2)26(32)23(27-24(30)20-11-13-22(33-3)14-12-20)19-15-17-29(18-16-19)25(31)21-9-7-6-8-10-21/h6-14,19,23H,4-5,15-18H2,1-3H3,(H,27,30)/t23-/m0/s1. The quantitative estimate of drug-likeness (QED) is 0.669. The molecular weight excluding hydrogens is 418 g/mol. The lowest BCUT2D eigenvalue weighted by Gasteiger charge is -2.37. The monoisotopic (exact) mass is 451 g/mol. The highest BCUT2D eigenvalue weighted by Gasteiger charge is 2.35. The molecule has 0 radical (unpaired) electrons. The molecule has 7 heteroatoms. The average Bonchev–Trinajstić information content (AvgIpc) is 2.88. The molecule has 176 valence electrons. The van der Waals surface area contributed by atoms with E-state index in [4.69, 9.17) is 4.74 Å². The molecule has 1 saturated heterocycles. The molecule has 1 atom stereocenters. The minimum Gasteiger partial charge on any atom is -0.497 e. The van der Waals surface area contributed by atoms with Crippen molar-refractivity contribution in [3.05, 3.63) is 65.7 Å². The van der Waals surface area contributed by atoms with Crippen molar-refractivity contribution < 1.29 is 19.1 Å². The van der Waals surface area contributed by atoms with Gasteiger partial charge in [0.25, 0.3) is 11.8 Å². The molecule has 1 N–H and O–H groups in total. The first-order chi connectivity index (χ1) is 16.0. The summed E-state index contributed by atoms with van der Waals surface area (Å²) in [5.74, 6) is 0.265. The number of rotatable bonds is 8. The van der Waals surface area contributed by atoms with Gasteiger partial charge < -0.3 is 19.9 Å². The van der Waals surface area contributed by atoms with E-state index in [1.54, 1.807) is 36.3 Å². The predicted molar refractivity (Wildman–Crippen MR) is 127 cm³/mol. The lowest BCUT2D eigenvalue weighted by molar-refractivity contribution is -0.134. The number of ether oxygens (including phenoxy) is 1. The summed E-state index contributed by atoms with van der Waals surface area (Å²) in [5, 5.41) is 2.99. The van der Waals surface area contributed by atoms with E-state index in [1.807, 2.05) is 49.1 Å². The number of likely N-dealkylation sites (tertiary alicyclic amines) is 1. The van der Waals surface area contributed by atoms with Crippen molar-refractivity contribution in [2.24, 2.45) is 5.92 Å². The highest BCUT2D eigenvalue weighted by Crippen LogP contribution is 2.24. The van der Waals surface area contributed by atoms with Crippen LogP contribution in [0.1, 0.15) is 47.4 Å². The molecule has 2 aromatic carbocycles. The number of likely N-dealkylation sites (N-methyl/N-ethyl adjacent to an activating group) is 1. The Bertz CT molecular complexity index is 934.